The number of benzene rings is 2. The summed E-state index contributed by atoms with van der Waals surface area (Å²) in [6.07, 6.45) is -0.533. The zero-order valence-corrected chi connectivity index (χ0v) is 25.4. The Kier molecular flexibility index (Phi) is 10.5. The minimum Gasteiger partial charge on any atom is -0.444 e. The monoisotopic (exact) mass is 589 g/mol. The fraction of sp³-hybridized carbons (Fsp3) is 0.448. The fourth-order valence-electron chi connectivity index (χ4n) is 3.99. The number of carbonyl (C=O) groups is 1. The average molecular weight is 590 g/mol. The van der Waals surface area contributed by atoms with E-state index in [4.69, 9.17) is 18.7 Å². The number of aliphatic hydroxyl groups excluding tert-OH is 1. The number of aliphatic hydroxyl groups is 1. The Morgan fingerprint density at radius 1 is 1.07 bits per heavy atom. The maximum Gasteiger partial charge on any atom is 0.410 e. The van der Waals surface area contributed by atoms with Crippen molar-refractivity contribution in [3.63, 3.8) is 0 Å². The summed E-state index contributed by atoms with van der Waals surface area (Å²) in [5.74, 6) is 0.0511. The molecule has 0 radical (unpaired) electrons. The number of rotatable bonds is 12. The topological polar surface area (TPSA) is 132 Å². The van der Waals surface area contributed by atoms with Crippen molar-refractivity contribution in [3.8, 4) is 11.1 Å². The highest BCUT2D eigenvalue weighted by Gasteiger charge is 2.33. The predicted octanol–water partition coefficient (Wildman–Crippen LogP) is 4.63. The van der Waals surface area contributed by atoms with E-state index in [0.29, 0.717) is 33.5 Å². The van der Waals surface area contributed by atoms with Crippen molar-refractivity contribution in [2.24, 2.45) is 0 Å². The first-order valence-electron chi connectivity index (χ1n) is 13.1. The second-order valence-electron chi connectivity index (χ2n) is 10.6. The van der Waals surface area contributed by atoms with Gasteiger partial charge in [-0.3, -0.25) is 0 Å². The number of amides is 1. The molecule has 12 heteroatoms. The summed E-state index contributed by atoms with van der Waals surface area (Å²) in [5, 5.41) is 13.7. The van der Waals surface area contributed by atoms with Gasteiger partial charge in [-0.25, -0.2) is 17.5 Å². The van der Waals surface area contributed by atoms with Crippen LogP contribution in [0.2, 0.25) is 0 Å². The van der Waals surface area contributed by atoms with E-state index >= 15 is 0 Å². The van der Waals surface area contributed by atoms with Crippen molar-refractivity contribution in [1.29, 1.82) is 0 Å². The molecule has 0 fully saturated rings. The Morgan fingerprint density at radius 3 is 2.39 bits per heavy atom. The fourth-order valence-corrected chi connectivity index (χ4v) is 5.54. The van der Waals surface area contributed by atoms with Gasteiger partial charge in [-0.15, -0.1) is 0 Å². The first-order valence-corrected chi connectivity index (χ1v) is 14.5. The van der Waals surface area contributed by atoms with Crippen LogP contribution in [0.1, 0.15) is 43.2 Å². The van der Waals surface area contributed by atoms with Crippen molar-refractivity contribution in [1.82, 2.24) is 10.1 Å². The highest BCUT2D eigenvalue weighted by Crippen LogP contribution is 2.36. The molecule has 0 unspecified atom stereocenters. The van der Waals surface area contributed by atoms with Gasteiger partial charge in [-0.1, -0.05) is 41.6 Å². The second-order valence-corrected chi connectivity index (χ2v) is 12.4. The van der Waals surface area contributed by atoms with E-state index in [1.807, 2.05) is 0 Å². The molecule has 3 rings (SSSR count). The van der Waals surface area contributed by atoms with Crippen LogP contribution in [0.25, 0.3) is 11.1 Å². The summed E-state index contributed by atoms with van der Waals surface area (Å²) in [4.78, 5) is 14.1. The van der Waals surface area contributed by atoms with Crippen molar-refractivity contribution < 1.29 is 37.1 Å². The van der Waals surface area contributed by atoms with Crippen LogP contribution in [-0.4, -0.2) is 69.4 Å². The maximum atomic E-state index is 14.3. The maximum absolute atomic E-state index is 14.3. The molecule has 0 saturated heterocycles. The molecule has 0 atom stereocenters. The standard InChI is InChI=1S/C29H39N3O8S/c1-20-21(2)30-40-27(20)32(19-38-15-14-37-7)41(35,36)26-11-9-8-10-25(26)24-13-12-22(18-33)16-23(24)17-31(6)28(34)39-29(3,4)5/h8-13,16,33H,14-15,17-19H2,1-7H3. The third-order valence-electron chi connectivity index (χ3n) is 6.21. The van der Waals surface area contributed by atoms with Crippen molar-refractivity contribution in [3.05, 3.63) is 64.8 Å². The number of hydrogen-bond donors (Lipinski definition) is 1. The normalized spacial score (nSPS) is 11.9. The minimum absolute atomic E-state index is 0.00159. The van der Waals surface area contributed by atoms with Crippen LogP contribution < -0.4 is 4.31 Å². The van der Waals surface area contributed by atoms with Gasteiger partial charge in [0.2, 0.25) is 5.88 Å². The smallest absolute Gasteiger partial charge is 0.410 e. The number of anilines is 1. The number of aryl methyl sites for hydroxylation is 1. The minimum atomic E-state index is -4.25. The highest BCUT2D eigenvalue weighted by atomic mass is 32.2. The Balaban J connectivity index is 2.11. The summed E-state index contributed by atoms with van der Waals surface area (Å²) in [6, 6.07) is 11.8. The molecule has 0 bridgehead atoms. The van der Waals surface area contributed by atoms with E-state index in [2.05, 4.69) is 5.16 Å². The lowest BCUT2D eigenvalue weighted by Gasteiger charge is -2.26. The van der Waals surface area contributed by atoms with Crippen molar-refractivity contribution >= 4 is 22.0 Å². The van der Waals surface area contributed by atoms with Gasteiger partial charge in [0.25, 0.3) is 10.0 Å². The van der Waals surface area contributed by atoms with Crippen LogP contribution in [0.15, 0.2) is 51.9 Å². The number of carbonyl (C=O) groups excluding carboxylic acids is 1. The summed E-state index contributed by atoms with van der Waals surface area (Å²) < 4.78 is 51.2. The molecular weight excluding hydrogens is 550 g/mol. The van der Waals surface area contributed by atoms with E-state index in [1.165, 1.54) is 18.1 Å². The molecular formula is C29H39N3O8S. The van der Waals surface area contributed by atoms with E-state index < -0.39 is 21.7 Å². The van der Waals surface area contributed by atoms with Crippen LogP contribution in [0.4, 0.5) is 10.7 Å². The number of hydrogen-bond acceptors (Lipinski definition) is 9. The second kappa shape index (κ2) is 13.5. The molecule has 0 aliphatic carbocycles. The van der Waals surface area contributed by atoms with E-state index in [9.17, 15) is 18.3 Å². The Morgan fingerprint density at radius 2 is 1.78 bits per heavy atom. The Hall–Kier alpha value is -3.45. The molecule has 0 aliphatic heterocycles. The van der Waals surface area contributed by atoms with Crippen LogP contribution in [0, 0.1) is 13.8 Å². The number of sulfonamides is 1. The lowest BCUT2D eigenvalue weighted by atomic mass is 9.97. The molecule has 0 spiro atoms. The molecule has 41 heavy (non-hydrogen) atoms. The molecule has 11 nitrogen and oxygen atoms in total. The quantitative estimate of drug-likeness (QED) is 0.237. The molecule has 224 valence electrons. The van der Waals surface area contributed by atoms with Gasteiger partial charge in [-0.2, -0.15) is 0 Å². The van der Waals surface area contributed by atoms with E-state index in [-0.39, 0.29) is 43.9 Å². The number of nitrogens with zero attached hydrogens (tertiary/aromatic N) is 3. The van der Waals surface area contributed by atoms with Crippen LogP contribution in [0.5, 0.6) is 0 Å². The van der Waals surface area contributed by atoms with Gasteiger partial charge >= 0.3 is 6.09 Å². The average Bonchev–Trinajstić information content (AvgIpc) is 3.24. The molecule has 1 heterocycles. The van der Waals surface area contributed by atoms with Gasteiger partial charge in [0.1, 0.15) is 12.3 Å². The first-order chi connectivity index (χ1) is 19.3. The molecule has 0 saturated carbocycles. The summed E-state index contributed by atoms with van der Waals surface area (Å²) >= 11 is 0. The van der Waals surface area contributed by atoms with Crippen LogP contribution in [-0.2, 0) is 37.4 Å². The van der Waals surface area contributed by atoms with E-state index in [1.54, 1.807) is 78.1 Å². The lowest BCUT2D eigenvalue weighted by Crippen LogP contribution is -2.34. The van der Waals surface area contributed by atoms with Gasteiger partial charge < -0.3 is 28.7 Å². The largest absolute Gasteiger partial charge is 0.444 e. The number of ether oxygens (including phenoxy) is 3. The molecule has 1 aromatic heterocycles. The first kappa shape index (κ1) is 32.1. The predicted molar refractivity (Wildman–Crippen MR) is 154 cm³/mol. The Labute approximate surface area is 241 Å². The van der Waals surface area contributed by atoms with Crippen LogP contribution >= 0.6 is 0 Å². The van der Waals surface area contributed by atoms with Crippen molar-refractivity contribution in [2.75, 3.05) is 38.4 Å². The highest BCUT2D eigenvalue weighted by molar-refractivity contribution is 7.93. The van der Waals surface area contributed by atoms with Gasteiger partial charge in [-0.05, 0) is 57.4 Å². The molecule has 1 amide bonds. The van der Waals surface area contributed by atoms with Crippen LogP contribution in [0.3, 0.4) is 0 Å². The molecule has 0 aliphatic rings. The van der Waals surface area contributed by atoms with Crippen molar-refractivity contribution in [2.45, 2.75) is 58.3 Å². The zero-order chi connectivity index (χ0) is 30.4. The number of methoxy groups -OCH3 is 1. The third-order valence-corrected chi connectivity index (χ3v) is 7.97. The molecule has 2 aromatic carbocycles. The molecule has 3 aromatic rings. The van der Waals surface area contributed by atoms with Gasteiger partial charge in [0, 0.05) is 31.8 Å². The molecule has 1 N–H and O–H groups in total. The van der Waals surface area contributed by atoms with Gasteiger partial charge in [0.15, 0.2) is 0 Å². The third kappa shape index (κ3) is 7.85. The summed E-state index contributed by atoms with van der Waals surface area (Å²) in [6.45, 7) is 8.79. The Bertz CT molecular complexity index is 1450. The lowest BCUT2D eigenvalue weighted by molar-refractivity contribution is 0.0285. The summed E-state index contributed by atoms with van der Waals surface area (Å²) in [5.41, 5.74) is 2.65. The number of aromatic nitrogens is 1. The zero-order valence-electron chi connectivity index (χ0n) is 24.6. The SMILES string of the molecule is COCCOCN(c1onc(C)c1C)S(=O)(=O)c1ccccc1-c1ccc(CO)cc1CN(C)C(=O)OC(C)(C)C. The summed E-state index contributed by atoms with van der Waals surface area (Å²) in [7, 11) is -1.13. The van der Waals surface area contributed by atoms with Gasteiger partial charge in [0.05, 0.1) is 30.4 Å². The van der Waals surface area contributed by atoms with E-state index in [0.717, 1.165) is 4.31 Å².